The molecule has 0 aliphatic heterocycles. The van der Waals surface area contributed by atoms with Crippen molar-refractivity contribution in [3.63, 3.8) is 0 Å². The second kappa shape index (κ2) is 7.93. The average Bonchev–Trinajstić information content (AvgIpc) is 2.25. The van der Waals surface area contributed by atoms with Crippen LogP contribution in [0.1, 0.15) is 74.1 Å². The van der Waals surface area contributed by atoms with Crippen LogP contribution in [0.4, 0.5) is 0 Å². The van der Waals surface area contributed by atoms with Crippen LogP contribution in [0.15, 0.2) is 0 Å². The van der Waals surface area contributed by atoms with E-state index in [1.165, 1.54) is 6.42 Å². The van der Waals surface area contributed by atoms with Gasteiger partial charge in [-0.15, -0.1) is 0 Å². The van der Waals surface area contributed by atoms with E-state index >= 15 is 0 Å². The van der Waals surface area contributed by atoms with E-state index in [2.05, 4.69) is 48.5 Å². The van der Waals surface area contributed by atoms with Gasteiger partial charge in [0.05, 0.1) is 0 Å². The maximum atomic E-state index is 9.45. The fourth-order valence-electron chi connectivity index (χ4n) is 3.72. The van der Waals surface area contributed by atoms with Crippen LogP contribution in [0.5, 0.6) is 0 Å². The van der Waals surface area contributed by atoms with Crippen LogP contribution in [0.3, 0.4) is 0 Å². The number of hydrogen-bond acceptors (Lipinski definition) is 2. The zero-order chi connectivity index (χ0) is 15.3. The van der Waals surface area contributed by atoms with Crippen molar-refractivity contribution in [2.45, 2.75) is 78.9 Å². The summed E-state index contributed by atoms with van der Waals surface area (Å²) >= 11 is 5.09. The molecule has 0 bridgehead atoms. The lowest BCUT2D eigenvalue weighted by atomic mass is 9.62. The molecule has 0 heterocycles. The van der Waals surface area contributed by atoms with Gasteiger partial charge in [0.1, 0.15) is 0 Å². The van der Waals surface area contributed by atoms with Crippen LogP contribution >= 0.6 is 12.6 Å². The molecule has 0 amide bonds. The molecule has 0 saturated heterocycles. The third-order valence-electron chi connectivity index (χ3n) is 4.47. The van der Waals surface area contributed by atoms with E-state index in [1.807, 2.05) is 0 Å². The van der Waals surface area contributed by atoms with Gasteiger partial charge in [-0.2, -0.15) is 12.6 Å². The Morgan fingerprint density at radius 3 is 1.74 bits per heavy atom. The van der Waals surface area contributed by atoms with E-state index in [9.17, 15) is 5.11 Å². The van der Waals surface area contributed by atoms with E-state index in [4.69, 9.17) is 12.6 Å². The predicted octanol–water partition coefficient (Wildman–Crippen LogP) is 5.18. The van der Waals surface area contributed by atoms with Crippen LogP contribution in [-0.4, -0.2) is 16.5 Å². The zero-order valence-corrected chi connectivity index (χ0v) is 15.1. The first-order valence-electron chi connectivity index (χ1n) is 7.93. The molecule has 1 N–H and O–H groups in total. The van der Waals surface area contributed by atoms with Gasteiger partial charge in [-0.05, 0) is 48.9 Å². The number of thiol groups is 1. The van der Waals surface area contributed by atoms with E-state index in [1.54, 1.807) is 0 Å². The smallest absolute Gasteiger partial charge is 0.0456 e. The molecule has 2 heteroatoms. The predicted molar refractivity (Wildman–Crippen MR) is 89.9 cm³/mol. The van der Waals surface area contributed by atoms with Crippen LogP contribution in [-0.2, 0) is 0 Å². The second-order valence-corrected chi connectivity index (χ2v) is 8.58. The maximum absolute atomic E-state index is 9.45. The Morgan fingerprint density at radius 1 is 0.947 bits per heavy atom. The van der Waals surface area contributed by atoms with E-state index in [-0.39, 0.29) is 16.8 Å². The third kappa shape index (κ3) is 5.67. The highest BCUT2D eigenvalue weighted by molar-refractivity contribution is 7.81. The molecule has 0 saturated carbocycles. The summed E-state index contributed by atoms with van der Waals surface area (Å²) in [5, 5.41) is 9.45. The monoisotopic (exact) mass is 288 g/mol. The van der Waals surface area contributed by atoms with Crippen molar-refractivity contribution in [3.05, 3.63) is 0 Å². The largest absolute Gasteiger partial charge is 0.396 e. The van der Waals surface area contributed by atoms with Gasteiger partial charge in [0.15, 0.2) is 0 Å². The fourth-order valence-corrected chi connectivity index (χ4v) is 4.42. The Morgan fingerprint density at radius 2 is 1.42 bits per heavy atom. The first kappa shape index (κ1) is 19.3. The Labute approximate surface area is 127 Å². The van der Waals surface area contributed by atoms with Crippen molar-refractivity contribution < 1.29 is 5.11 Å². The van der Waals surface area contributed by atoms with Crippen LogP contribution in [0.2, 0.25) is 0 Å². The van der Waals surface area contributed by atoms with Crippen molar-refractivity contribution in [1.82, 2.24) is 0 Å². The summed E-state index contributed by atoms with van der Waals surface area (Å²) in [5.41, 5.74) is 0.219. The second-order valence-electron chi connectivity index (χ2n) is 7.60. The van der Waals surface area contributed by atoms with Gasteiger partial charge in [-0.1, -0.05) is 48.5 Å². The van der Waals surface area contributed by atoms with Gasteiger partial charge in [-0.3, -0.25) is 0 Å². The number of rotatable bonds is 9. The number of aliphatic hydroxyl groups excluding tert-OH is 1. The molecule has 0 fully saturated rings. The summed E-state index contributed by atoms with van der Waals surface area (Å²) in [7, 11) is 0. The van der Waals surface area contributed by atoms with Crippen molar-refractivity contribution in [2.75, 3.05) is 6.61 Å². The first-order valence-corrected chi connectivity index (χ1v) is 8.38. The van der Waals surface area contributed by atoms with Crippen molar-refractivity contribution >= 4 is 12.6 Å². The topological polar surface area (TPSA) is 20.2 Å². The minimum atomic E-state index is 0.0314. The molecule has 0 spiro atoms. The Kier molecular flexibility index (Phi) is 8.06. The zero-order valence-electron chi connectivity index (χ0n) is 14.2. The molecule has 19 heavy (non-hydrogen) atoms. The minimum Gasteiger partial charge on any atom is -0.396 e. The normalized spacial score (nSPS) is 20.4. The van der Waals surface area contributed by atoms with Gasteiger partial charge in [-0.25, -0.2) is 0 Å². The highest BCUT2D eigenvalue weighted by Gasteiger charge is 2.45. The average molecular weight is 289 g/mol. The highest BCUT2D eigenvalue weighted by Crippen LogP contribution is 2.51. The number of aliphatic hydroxyl groups is 1. The molecule has 0 aromatic heterocycles. The van der Waals surface area contributed by atoms with Gasteiger partial charge >= 0.3 is 0 Å². The van der Waals surface area contributed by atoms with Crippen LogP contribution < -0.4 is 0 Å². The molecule has 0 aromatic rings. The van der Waals surface area contributed by atoms with Gasteiger partial charge in [0.25, 0.3) is 0 Å². The molecule has 0 radical (unpaired) electrons. The van der Waals surface area contributed by atoms with Crippen molar-refractivity contribution in [3.8, 4) is 0 Å². The Balaban J connectivity index is 5.31. The summed E-state index contributed by atoms with van der Waals surface area (Å²) in [4.78, 5) is 0. The molecule has 3 unspecified atom stereocenters. The highest BCUT2D eigenvalue weighted by atomic mass is 32.1. The third-order valence-corrected chi connectivity index (χ3v) is 5.13. The summed E-state index contributed by atoms with van der Waals surface area (Å²) in [6.45, 7) is 16.2. The Bertz CT molecular complexity index is 248. The first-order chi connectivity index (χ1) is 8.60. The fraction of sp³-hybridized carbons (Fsp3) is 1.00. The molecule has 116 valence electrons. The van der Waals surface area contributed by atoms with Gasteiger partial charge in [0.2, 0.25) is 0 Å². The summed E-state index contributed by atoms with van der Waals surface area (Å²) in [5.74, 6) is 1.69. The molecule has 3 atom stereocenters. The molecular weight excluding hydrogens is 252 g/mol. The molecule has 0 aliphatic rings. The minimum absolute atomic E-state index is 0.0314. The molecular formula is C17H36OS. The lowest BCUT2D eigenvalue weighted by molar-refractivity contribution is 0.0835. The lowest BCUT2D eigenvalue weighted by Crippen LogP contribution is -2.44. The van der Waals surface area contributed by atoms with E-state index in [0.717, 1.165) is 19.3 Å². The molecule has 1 nitrogen and oxygen atoms in total. The summed E-state index contributed by atoms with van der Waals surface area (Å²) in [6.07, 6.45) is 4.54. The SMILES string of the molecule is CCC(CC(C)C)(CC(C)CO)C(C)(S)CC(C)C. The van der Waals surface area contributed by atoms with Crippen LogP contribution in [0, 0.1) is 23.2 Å². The van der Waals surface area contributed by atoms with Gasteiger partial charge in [0, 0.05) is 11.4 Å². The van der Waals surface area contributed by atoms with E-state index < -0.39 is 0 Å². The molecule has 0 rings (SSSR count). The lowest BCUT2D eigenvalue weighted by Gasteiger charge is -2.49. The standard InChI is InChI=1S/C17H36OS/c1-8-17(10-14(4)5,11-15(6)12-18)16(7,19)9-13(2)3/h13-15,18-19H,8-12H2,1-7H3. The Hall–Kier alpha value is 0.310. The maximum Gasteiger partial charge on any atom is 0.0456 e. The van der Waals surface area contributed by atoms with Crippen LogP contribution in [0.25, 0.3) is 0 Å². The van der Waals surface area contributed by atoms with E-state index in [0.29, 0.717) is 17.8 Å². The van der Waals surface area contributed by atoms with Crippen molar-refractivity contribution in [1.29, 1.82) is 0 Å². The van der Waals surface area contributed by atoms with Crippen molar-refractivity contribution in [2.24, 2.45) is 23.2 Å². The molecule has 0 aliphatic carbocycles. The summed E-state index contributed by atoms with van der Waals surface area (Å²) < 4.78 is 0.0314. The summed E-state index contributed by atoms with van der Waals surface area (Å²) in [6, 6.07) is 0. The molecule has 0 aromatic carbocycles. The quantitative estimate of drug-likeness (QED) is 0.560. The van der Waals surface area contributed by atoms with Gasteiger partial charge < -0.3 is 5.11 Å². The number of hydrogen-bond donors (Lipinski definition) is 2.